The summed E-state index contributed by atoms with van der Waals surface area (Å²) in [5.74, 6) is 0. The van der Waals surface area contributed by atoms with E-state index in [1.54, 1.807) is 0 Å². The van der Waals surface area contributed by atoms with Gasteiger partial charge in [0.05, 0.1) is 0 Å². The van der Waals surface area contributed by atoms with Gasteiger partial charge in [-0.2, -0.15) is 0 Å². The lowest BCUT2D eigenvalue weighted by Gasteiger charge is -2.12. The van der Waals surface area contributed by atoms with Crippen LogP contribution in [0.1, 0.15) is 68.7 Å². The molecule has 1 aromatic rings. The van der Waals surface area contributed by atoms with E-state index in [0.29, 0.717) is 9.85 Å². The number of hydrogen-bond donors (Lipinski definition) is 0. The molecule has 0 spiro atoms. The third kappa shape index (κ3) is 7.02. The molecule has 0 heterocycles. The van der Waals surface area contributed by atoms with Gasteiger partial charge in [-0.15, -0.1) is 0 Å². The number of unbranched alkanes of at least 4 members (excludes halogenated alkanes) is 6. The number of rotatable bonds is 9. The Morgan fingerprint density at radius 1 is 1.00 bits per heavy atom. The van der Waals surface area contributed by atoms with Crippen molar-refractivity contribution in [2.75, 3.05) is 0 Å². The minimum Gasteiger partial charge on any atom is -0.0843 e. The van der Waals surface area contributed by atoms with E-state index in [-0.39, 0.29) is 0 Å². The van der Waals surface area contributed by atoms with E-state index in [9.17, 15) is 0 Å². The zero-order valence-electron chi connectivity index (χ0n) is 11.6. The molecule has 0 bridgehead atoms. The smallest absolute Gasteiger partial charge is 0.0464 e. The largest absolute Gasteiger partial charge is 0.0843 e. The maximum atomic E-state index is 6.21. The van der Waals surface area contributed by atoms with Crippen LogP contribution < -0.4 is 0 Å². The first-order valence-corrected chi connectivity index (χ1v) is 8.91. The Bertz CT molecular complexity index is 366. The molecule has 0 amide bonds. The monoisotopic (exact) mass is 364 g/mol. The number of hydrogen-bond acceptors (Lipinski definition) is 0. The standard InChI is InChI=1S/C16H23BrCl2/c1-2-3-4-5-6-7-8-9-15(17)14-11-10-13(18)12-16(14)19/h10-12,15H,2-9H2,1H3. The summed E-state index contributed by atoms with van der Waals surface area (Å²) in [5.41, 5.74) is 1.15. The normalized spacial score (nSPS) is 12.6. The molecular formula is C16H23BrCl2. The molecule has 0 aromatic heterocycles. The average Bonchev–Trinajstić information content (AvgIpc) is 2.37. The lowest BCUT2D eigenvalue weighted by atomic mass is 10.0. The summed E-state index contributed by atoms with van der Waals surface area (Å²) in [6.07, 6.45) is 10.5. The highest BCUT2D eigenvalue weighted by Crippen LogP contribution is 2.34. The van der Waals surface area contributed by atoms with Crippen molar-refractivity contribution in [1.29, 1.82) is 0 Å². The lowest BCUT2D eigenvalue weighted by Crippen LogP contribution is -1.92. The molecule has 19 heavy (non-hydrogen) atoms. The molecule has 0 aliphatic heterocycles. The lowest BCUT2D eigenvalue weighted by molar-refractivity contribution is 0.574. The van der Waals surface area contributed by atoms with Crippen LogP contribution in [-0.4, -0.2) is 0 Å². The predicted molar refractivity (Wildman–Crippen MR) is 90.7 cm³/mol. The highest BCUT2D eigenvalue weighted by Gasteiger charge is 2.11. The van der Waals surface area contributed by atoms with Crippen molar-refractivity contribution < 1.29 is 0 Å². The van der Waals surface area contributed by atoms with Crippen LogP contribution in [0.15, 0.2) is 18.2 Å². The van der Waals surface area contributed by atoms with Gasteiger partial charge in [-0.05, 0) is 24.1 Å². The minimum absolute atomic E-state index is 0.341. The van der Waals surface area contributed by atoms with Gasteiger partial charge in [-0.1, -0.05) is 97.1 Å². The molecule has 0 aliphatic carbocycles. The molecule has 0 nitrogen and oxygen atoms in total. The minimum atomic E-state index is 0.341. The molecule has 0 fully saturated rings. The molecule has 0 aliphatic rings. The van der Waals surface area contributed by atoms with E-state index in [1.807, 2.05) is 18.2 Å². The highest BCUT2D eigenvalue weighted by molar-refractivity contribution is 9.09. The van der Waals surface area contributed by atoms with E-state index in [1.165, 1.54) is 44.9 Å². The van der Waals surface area contributed by atoms with E-state index >= 15 is 0 Å². The maximum Gasteiger partial charge on any atom is 0.0464 e. The topological polar surface area (TPSA) is 0 Å². The molecule has 3 heteroatoms. The van der Waals surface area contributed by atoms with Crippen LogP contribution in [0, 0.1) is 0 Å². The Labute approximate surface area is 136 Å². The fourth-order valence-electron chi connectivity index (χ4n) is 2.19. The van der Waals surface area contributed by atoms with Crippen molar-refractivity contribution in [2.24, 2.45) is 0 Å². The number of halogens is 3. The Balaban J connectivity index is 2.22. The van der Waals surface area contributed by atoms with Crippen molar-refractivity contribution in [3.05, 3.63) is 33.8 Å². The third-order valence-corrected chi connectivity index (χ3v) is 4.87. The molecule has 0 N–H and O–H groups in total. The van der Waals surface area contributed by atoms with E-state index < -0.39 is 0 Å². The first-order valence-electron chi connectivity index (χ1n) is 7.24. The molecule has 0 saturated carbocycles. The predicted octanol–water partition coefficient (Wildman–Crippen LogP) is 7.57. The second-order valence-corrected chi connectivity index (χ2v) is 6.99. The van der Waals surface area contributed by atoms with Gasteiger partial charge >= 0.3 is 0 Å². The first kappa shape index (κ1) is 17.3. The summed E-state index contributed by atoms with van der Waals surface area (Å²) in [5, 5.41) is 1.46. The second-order valence-electron chi connectivity index (χ2n) is 5.04. The van der Waals surface area contributed by atoms with Crippen molar-refractivity contribution in [3.63, 3.8) is 0 Å². The van der Waals surface area contributed by atoms with E-state index in [0.717, 1.165) is 17.0 Å². The summed E-state index contributed by atoms with van der Waals surface area (Å²) in [6.45, 7) is 2.26. The summed E-state index contributed by atoms with van der Waals surface area (Å²) in [4.78, 5) is 0.341. The van der Waals surface area contributed by atoms with E-state index in [2.05, 4.69) is 22.9 Å². The number of alkyl halides is 1. The van der Waals surface area contributed by atoms with Gasteiger partial charge in [-0.25, -0.2) is 0 Å². The summed E-state index contributed by atoms with van der Waals surface area (Å²) < 4.78 is 0. The van der Waals surface area contributed by atoms with Crippen LogP contribution in [0.3, 0.4) is 0 Å². The number of benzene rings is 1. The van der Waals surface area contributed by atoms with E-state index in [4.69, 9.17) is 23.2 Å². The van der Waals surface area contributed by atoms with Gasteiger partial charge in [0.25, 0.3) is 0 Å². The summed E-state index contributed by atoms with van der Waals surface area (Å²) in [7, 11) is 0. The Morgan fingerprint density at radius 2 is 1.63 bits per heavy atom. The SMILES string of the molecule is CCCCCCCCCC(Br)c1ccc(Cl)cc1Cl. The average molecular weight is 366 g/mol. The van der Waals surface area contributed by atoms with Gasteiger partial charge in [0.2, 0.25) is 0 Å². The molecule has 1 unspecified atom stereocenters. The van der Waals surface area contributed by atoms with Crippen LogP contribution >= 0.6 is 39.1 Å². The molecule has 0 radical (unpaired) electrons. The van der Waals surface area contributed by atoms with Crippen LogP contribution in [0.25, 0.3) is 0 Å². The van der Waals surface area contributed by atoms with Crippen LogP contribution in [0.5, 0.6) is 0 Å². The van der Waals surface area contributed by atoms with Gasteiger partial charge in [0.15, 0.2) is 0 Å². The molecule has 1 rings (SSSR count). The highest BCUT2D eigenvalue weighted by atomic mass is 79.9. The molecule has 108 valence electrons. The fraction of sp³-hybridized carbons (Fsp3) is 0.625. The van der Waals surface area contributed by atoms with Crippen molar-refractivity contribution >= 4 is 39.1 Å². The van der Waals surface area contributed by atoms with Crippen molar-refractivity contribution in [2.45, 2.75) is 63.1 Å². The van der Waals surface area contributed by atoms with Crippen LogP contribution in [0.4, 0.5) is 0 Å². The van der Waals surface area contributed by atoms with Crippen LogP contribution in [0.2, 0.25) is 10.0 Å². The fourth-order valence-corrected chi connectivity index (χ4v) is 3.59. The van der Waals surface area contributed by atoms with Crippen LogP contribution in [-0.2, 0) is 0 Å². The Kier molecular flexibility index (Phi) is 9.19. The third-order valence-electron chi connectivity index (χ3n) is 3.36. The van der Waals surface area contributed by atoms with Crippen molar-refractivity contribution in [3.8, 4) is 0 Å². The maximum absolute atomic E-state index is 6.21. The van der Waals surface area contributed by atoms with Gasteiger partial charge in [-0.3, -0.25) is 0 Å². The molecule has 1 aromatic carbocycles. The molecular weight excluding hydrogens is 343 g/mol. The van der Waals surface area contributed by atoms with Gasteiger partial charge < -0.3 is 0 Å². The second kappa shape index (κ2) is 10.1. The van der Waals surface area contributed by atoms with Crippen molar-refractivity contribution in [1.82, 2.24) is 0 Å². The first-order chi connectivity index (χ1) is 9.15. The zero-order chi connectivity index (χ0) is 14.1. The molecule has 0 saturated heterocycles. The summed E-state index contributed by atoms with van der Waals surface area (Å²) >= 11 is 15.8. The van der Waals surface area contributed by atoms with Gasteiger partial charge in [0, 0.05) is 14.9 Å². The Morgan fingerprint density at radius 3 is 2.26 bits per heavy atom. The van der Waals surface area contributed by atoms with Gasteiger partial charge in [0.1, 0.15) is 0 Å². The quantitative estimate of drug-likeness (QED) is 0.312. The molecule has 1 atom stereocenters. The Hall–Kier alpha value is 0.280. The zero-order valence-corrected chi connectivity index (χ0v) is 14.7. The summed E-state index contributed by atoms with van der Waals surface area (Å²) in [6, 6.07) is 5.74.